The average Bonchev–Trinajstić information content (AvgIpc) is 3.10. The number of hydrogen-bond acceptors (Lipinski definition) is 7. The van der Waals surface area contributed by atoms with Crippen LogP contribution in [0, 0.1) is 5.41 Å². The standard InChI is InChI=1S/C18H17NO6/c1-2-23-16(21)17-7-3-4-8-18(22,15(17)20)19-14(17)11-5-6-12-13(9-11)25-10-24-12/h3-6,9,22H,2,7-8,10H2,1H3. The molecule has 0 saturated carbocycles. The average molecular weight is 343 g/mol. The number of aliphatic imine (C=N–C) groups is 1. The van der Waals surface area contributed by atoms with Gasteiger partial charge in [-0.05, 0) is 31.5 Å². The van der Waals surface area contributed by atoms with Gasteiger partial charge in [0.25, 0.3) is 0 Å². The Morgan fingerprint density at radius 2 is 2.04 bits per heavy atom. The predicted octanol–water partition coefficient (Wildman–Crippen LogP) is 1.38. The third kappa shape index (κ3) is 2.12. The SMILES string of the molecule is CCOC(=O)C12CC=CCC(O)(N=C1c1ccc3c(c1)OCO3)C2=O. The zero-order valence-corrected chi connectivity index (χ0v) is 13.7. The molecule has 2 heterocycles. The van der Waals surface area contributed by atoms with Gasteiger partial charge in [-0.3, -0.25) is 9.59 Å². The van der Waals surface area contributed by atoms with E-state index in [1.165, 1.54) is 0 Å². The predicted molar refractivity (Wildman–Crippen MR) is 86.5 cm³/mol. The first-order valence-corrected chi connectivity index (χ1v) is 8.11. The van der Waals surface area contributed by atoms with Crippen LogP contribution in [0.25, 0.3) is 0 Å². The Bertz CT molecular complexity index is 829. The van der Waals surface area contributed by atoms with Gasteiger partial charge in [-0.2, -0.15) is 0 Å². The van der Waals surface area contributed by atoms with Crippen LogP contribution < -0.4 is 9.47 Å². The molecular formula is C18H17NO6. The third-order valence-corrected chi connectivity index (χ3v) is 4.72. The van der Waals surface area contributed by atoms with Gasteiger partial charge in [-0.15, -0.1) is 0 Å². The first-order chi connectivity index (χ1) is 12.0. The highest BCUT2D eigenvalue weighted by Gasteiger charge is 2.64. The summed E-state index contributed by atoms with van der Waals surface area (Å²) >= 11 is 0. The van der Waals surface area contributed by atoms with Crippen molar-refractivity contribution in [1.29, 1.82) is 0 Å². The summed E-state index contributed by atoms with van der Waals surface area (Å²) < 4.78 is 15.8. The lowest BCUT2D eigenvalue weighted by molar-refractivity contribution is -0.159. The smallest absolute Gasteiger partial charge is 0.326 e. The van der Waals surface area contributed by atoms with E-state index in [1.54, 1.807) is 37.3 Å². The van der Waals surface area contributed by atoms with Crippen molar-refractivity contribution >= 4 is 17.5 Å². The number of nitrogens with zero attached hydrogens (tertiary/aromatic N) is 1. The van der Waals surface area contributed by atoms with E-state index in [2.05, 4.69) is 4.99 Å². The van der Waals surface area contributed by atoms with Crippen LogP contribution in [0.5, 0.6) is 11.5 Å². The fourth-order valence-electron chi connectivity index (χ4n) is 3.50. The molecule has 2 unspecified atom stereocenters. The first kappa shape index (κ1) is 15.8. The van der Waals surface area contributed by atoms with Crippen LogP contribution in [0.4, 0.5) is 0 Å². The fraction of sp³-hybridized carbons (Fsp3) is 0.389. The van der Waals surface area contributed by atoms with Gasteiger partial charge >= 0.3 is 5.97 Å². The summed E-state index contributed by atoms with van der Waals surface area (Å²) in [5, 5.41) is 10.7. The monoisotopic (exact) mass is 343 g/mol. The molecule has 1 N–H and O–H groups in total. The highest BCUT2D eigenvalue weighted by Crippen LogP contribution is 2.46. The normalized spacial score (nSPS) is 29.4. The van der Waals surface area contributed by atoms with E-state index < -0.39 is 22.9 Å². The summed E-state index contributed by atoms with van der Waals surface area (Å²) in [5.74, 6) is -0.249. The third-order valence-electron chi connectivity index (χ3n) is 4.72. The number of ether oxygens (including phenoxy) is 3. The number of allylic oxidation sites excluding steroid dienone is 1. The van der Waals surface area contributed by atoms with Gasteiger partial charge in [0.15, 0.2) is 16.9 Å². The number of carbonyl (C=O) groups is 2. The van der Waals surface area contributed by atoms with Crippen LogP contribution in [0.15, 0.2) is 35.3 Å². The van der Waals surface area contributed by atoms with E-state index in [1.807, 2.05) is 0 Å². The van der Waals surface area contributed by atoms with Crippen LogP contribution in [-0.4, -0.2) is 41.7 Å². The van der Waals surface area contributed by atoms with E-state index in [0.717, 1.165) is 0 Å². The van der Waals surface area contributed by atoms with Crippen LogP contribution in [-0.2, 0) is 14.3 Å². The van der Waals surface area contributed by atoms with Crippen molar-refractivity contribution in [3.05, 3.63) is 35.9 Å². The molecule has 2 atom stereocenters. The van der Waals surface area contributed by atoms with E-state index in [-0.39, 0.29) is 32.0 Å². The number of benzene rings is 1. The van der Waals surface area contributed by atoms with Crippen molar-refractivity contribution in [2.75, 3.05) is 13.4 Å². The van der Waals surface area contributed by atoms with Gasteiger partial charge in [0.1, 0.15) is 0 Å². The second-order valence-electron chi connectivity index (χ2n) is 6.18. The van der Waals surface area contributed by atoms with Crippen molar-refractivity contribution in [2.24, 2.45) is 10.4 Å². The molecule has 0 radical (unpaired) electrons. The first-order valence-electron chi connectivity index (χ1n) is 8.11. The molecule has 7 heteroatoms. The summed E-state index contributed by atoms with van der Waals surface area (Å²) in [5.41, 5.74) is -2.87. The molecule has 0 amide bonds. The minimum absolute atomic E-state index is 0.0288. The highest BCUT2D eigenvalue weighted by atomic mass is 16.7. The van der Waals surface area contributed by atoms with Crippen LogP contribution >= 0.6 is 0 Å². The molecule has 0 aromatic heterocycles. The molecule has 0 saturated heterocycles. The molecule has 0 spiro atoms. The Morgan fingerprint density at radius 3 is 2.84 bits per heavy atom. The zero-order valence-electron chi connectivity index (χ0n) is 13.7. The number of aliphatic hydroxyl groups is 1. The number of hydrogen-bond donors (Lipinski definition) is 1. The molecule has 1 aromatic carbocycles. The zero-order chi connectivity index (χ0) is 17.7. The lowest BCUT2D eigenvalue weighted by Gasteiger charge is -2.26. The second-order valence-corrected chi connectivity index (χ2v) is 6.18. The maximum absolute atomic E-state index is 13.0. The molecule has 2 aliphatic heterocycles. The number of fused-ring (bicyclic) bond motifs is 3. The fourth-order valence-corrected chi connectivity index (χ4v) is 3.50. The van der Waals surface area contributed by atoms with Crippen molar-refractivity contribution in [2.45, 2.75) is 25.5 Å². The number of rotatable bonds is 3. The summed E-state index contributed by atoms with van der Waals surface area (Å²) in [6.07, 6.45) is 3.51. The van der Waals surface area contributed by atoms with Gasteiger partial charge in [0.2, 0.25) is 18.3 Å². The van der Waals surface area contributed by atoms with Gasteiger partial charge in [-0.1, -0.05) is 12.2 Å². The summed E-state index contributed by atoms with van der Waals surface area (Å²) in [4.78, 5) is 30.1. The molecule has 25 heavy (non-hydrogen) atoms. The highest BCUT2D eigenvalue weighted by molar-refractivity contribution is 6.34. The Morgan fingerprint density at radius 1 is 1.28 bits per heavy atom. The number of esters is 1. The molecule has 1 aromatic rings. The Kier molecular flexibility index (Phi) is 3.43. The lowest BCUT2D eigenvalue weighted by Crippen LogP contribution is -2.49. The van der Waals surface area contributed by atoms with Gasteiger partial charge in [-0.25, -0.2) is 4.99 Å². The maximum atomic E-state index is 13.0. The van der Waals surface area contributed by atoms with Crippen LogP contribution in [0.1, 0.15) is 25.3 Å². The molecular weight excluding hydrogens is 326 g/mol. The molecule has 7 nitrogen and oxygen atoms in total. The summed E-state index contributed by atoms with van der Waals surface area (Å²) in [7, 11) is 0. The van der Waals surface area contributed by atoms with E-state index in [9.17, 15) is 14.7 Å². The van der Waals surface area contributed by atoms with Crippen molar-refractivity contribution in [3.63, 3.8) is 0 Å². The van der Waals surface area contributed by atoms with Crippen LogP contribution in [0.2, 0.25) is 0 Å². The van der Waals surface area contributed by atoms with Crippen molar-refractivity contribution in [3.8, 4) is 11.5 Å². The maximum Gasteiger partial charge on any atom is 0.326 e. The van der Waals surface area contributed by atoms with Crippen molar-refractivity contribution in [1.82, 2.24) is 0 Å². The minimum atomic E-state index is -1.95. The second kappa shape index (κ2) is 5.42. The largest absolute Gasteiger partial charge is 0.465 e. The Balaban J connectivity index is 1.88. The van der Waals surface area contributed by atoms with Gasteiger partial charge < -0.3 is 19.3 Å². The molecule has 1 aliphatic carbocycles. The van der Waals surface area contributed by atoms with E-state index in [4.69, 9.17) is 14.2 Å². The van der Waals surface area contributed by atoms with E-state index in [0.29, 0.717) is 17.1 Å². The van der Waals surface area contributed by atoms with Crippen LogP contribution in [0.3, 0.4) is 0 Å². The Hall–Kier alpha value is -2.67. The Labute approximate surface area is 143 Å². The lowest BCUT2D eigenvalue weighted by atomic mass is 9.74. The number of Topliss-reactive ketones (excluding diaryl/α,β-unsaturated/α-hetero) is 1. The quantitative estimate of drug-likeness (QED) is 0.506. The van der Waals surface area contributed by atoms with Gasteiger partial charge in [0.05, 0.1) is 12.3 Å². The van der Waals surface area contributed by atoms with E-state index >= 15 is 0 Å². The van der Waals surface area contributed by atoms with Gasteiger partial charge in [0, 0.05) is 12.0 Å². The molecule has 2 bridgehead atoms. The summed E-state index contributed by atoms with van der Waals surface area (Å²) in [6.45, 7) is 1.91. The molecule has 0 fully saturated rings. The number of ketones is 1. The van der Waals surface area contributed by atoms with Crippen molar-refractivity contribution < 1.29 is 28.9 Å². The summed E-state index contributed by atoms with van der Waals surface area (Å²) in [6, 6.07) is 5.06. The number of carbonyl (C=O) groups excluding carboxylic acids is 2. The molecule has 130 valence electrons. The molecule has 3 aliphatic rings. The topological polar surface area (TPSA) is 94.4 Å². The molecule has 4 rings (SSSR count). The minimum Gasteiger partial charge on any atom is -0.465 e.